The van der Waals surface area contributed by atoms with Gasteiger partial charge in [0.2, 0.25) is 0 Å². The summed E-state index contributed by atoms with van der Waals surface area (Å²) in [5.41, 5.74) is 0.507. The molecule has 0 radical (unpaired) electrons. The van der Waals surface area contributed by atoms with Gasteiger partial charge in [-0.05, 0) is 6.92 Å². The normalized spacial score (nSPS) is 11.9. The third-order valence-corrected chi connectivity index (χ3v) is 1.68. The van der Waals surface area contributed by atoms with Crippen molar-refractivity contribution in [3.05, 3.63) is 12.4 Å². The van der Waals surface area contributed by atoms with Crippen molar-refractivity contribution in [1.29, 1.82) is 0 Å². The highest BCUT2D eigenvalue weighted by Crippen LogP contribution is 2.02. The van der Waals surface area contributed by atoms with E-state index in [2.05, 4.69) is 15.7 Å². The fourth-order valence-electron chi connectivity index (χ4n) is 0.911. The van der Waals surface area contributed by atoms with Crippen LogP contribution in [0.4, 0.5) is 10.5 Å². The smallest absolute Gasteiger partial charge is 0.325 e. The quantitative estimate of drug-likeness (QED) is 0.657. The molecule has 0 spiro atoms. The maximum atomic E-state index is 11.2. The molecule has 0 fully saturated rings. The number of carbonyl (C=O) groups excluding carboxylic acids is 1. The number of nitrogens with one attached hydrogen (secondary N) is 2. The Morgan fingerprint density at radius 3 is 2.73 bits per heavy atom. The molecule has 15 heavy (non-hydrogen) atoms. The molecule has 82 valence electrons. The molecular formula is C8H12N4O3. The lowest BCUT2D eigenvalue weighted by molar-refractivity contribution is -0.138. The number of hydrogen-bond donors (Lipinski definition) is 3. The molecule has 0 bridgehead atoms. The van der Waals surface area contributed by atoms with Crippen LogP contribution in [0.1, 0.15) is 6.92 Å². The molecule has 7 nitrogen and oxygen atoms in total. The zero-order valence-corrected chi connectivity index (χ0v) is 8.39. The van der Waals surface area contributed by atoms with E-state index in [1.54, 1.807) is 13.2 Å². The summed E-state index contributed by atoms with van der Waals surface area (Å²) in [6.07, 6.45) is 3.07. The highest BCUT2D eigenvalue weighted by Gasteiger charge is 2.13. The standard InChI is InChI=1S/C8H12N4O3/c1-5(7(13)14)10-8(15)11-6-3-9-12(2)4-6/h3-5H,1-2H3,(H,13,14)(H2,10,11,15)/t5-/m1/s1. The van der Waals surface area contributed by atoms with Gasteiger partial charge in [-0.3, -0.25) is 9.48 Å². The molecule has 0 aliphatic heterocycles. The van der Waals surface area contributed by atoms with Gasteiger partial charge in [-0.2, -0.15) is 5.10 Å². The van der Waals surface area contributed by atoms with Crippen LogP contribution in [0.3, 0.4) is 0 Å². The van der Waals surface area contributed by atoms with Gasteiger partial charge in [0.1, 0.15) is 6.04 Å². The molecule has 0 aromatic carbocycles. The molecule has 1 aromatic heterocycles. The van der Waals surface area contributed by atoms with Crippen LogP contribution in [0, 0.1) is 0 Å². The first-order valence-electron chi connectivity index (χ1n) is 4.28. The van der Waals surface area contributed by atoms with Crippen molar-refractivity contribution in [2.75, 3.05) is 5.32 Å². The molecule has 0 aliphatic rings. The number of anilines is 1. The van der Waals surface area contributed by atoms with E-state index in [1.165, 1.54) is 17.8 Å². The third kappa shape index (κ3) is 3.29. The van der Waals surface area contributed by atoms with Gasteiger partial charge < -0.3 is 15.7 Å². The first kappa shape index (κ1) is 11.0. The van der Waals surface area contributed by atoms with E-state index in [-0.39, 0.29) is 0 Å². The molecule has 1 atom stereocenters. The number of hydrogen-bond acceptors (Lipinski definition) is 3. The summed E-state index contributed by atoms with van der Waals surface area (Å²) in [4.78, 5) is 21.6. The molecule has 7 heteroatoms. The van der Waals surface area contributed by atoms with Crippen LogP contribution < -0.4 is 10.6 Å². The van der Waals surface area contributed by atoms with Crippen molar-refractivity contribution in [2.24, 2.45) is 7.05 Å². The van der Waals surface area contributed by atoms with Gasteiger partial charge in [0, 0.05) is 13.2 Å². The number of carbonyl (C=O) groups is 2. The Morgan fingerprint density at radius 2 is 2.27 bits per heavy atom. The molecule has 0 saturated carbocycles. The van der Waals surface area contributed by atoms with Gasteiger partial charge >= 0.3 is 12.0 Å². The zero-order valence-electron chi connectivity index (χ0n) is 8.39. The van der Waals surface area contributed by atoms with E-state index in [1.807, 2.05) is 0 Å². The minimum absolute atomic E-state index is 0.507. The Balaban J connectivity index is 2.46. The summed E-state index contributed by atoms with van der Waals surface area (Å²) in [7, 11) is 1.71. The second-order valence-corrected chi connectivity index (χ2v) is 3.06. The molecule has 1 aromatic rings. The molecule has 1 rings (SSSR count). The molecule has 3 N–H and O–H groups in total. The first-order valence-corrected chi connectivity index (χ1v) is 4.28. The van der Waals surface area contributed by atoms with Crippen LogP contribution in [-0.2, 0) is 11.8 Å². The highest BCUT2D eigenvalue weighted by molar-refractivity contribution is 5.91. The number of aromatic nitrogens is 2. The monoisotopic (exact) mass is 212 g/mol. The fraction of sp³-hybridized carbons (Fsp3) is 0.375. The van der Waals surface area contributed by atoms with Gasteiger partial charge in [0.25, 0.3) is 0 Å². The van der Waals surface area contributed by atoms with Crippen LogP contribution in [0.15, 0.2) is 12.4 Å². The van der Waals surface area contributed by atoms with E-state index >= 15 is 0 Å². The molecule has 2 amide bonds. The lowest BCUT2D eigenvalue weighted by Crippen LogP contribution is -2.40. The molecule has 1 heterocycles. The number of urea groups is 1. The summed E-state index contributed by atoms with van der Waals surface area (Å²) < 4.78 is 1.52. The minimum Gasteiger partial charge on any atom is -0.480 e. The topological polar surface area (TPSA) is 96.3 Å². The first-order chi connectivity index (χ1) is 6.99. The maximum Gasteiger partial charge on any atom is 0.325 e. The number of nitrogens with zero attached hydrogens (tertiary/aromatic N) is 2. The van der Waals surface area contributed by atoms with Crippen molar-refractivity contribution in [1.82, 2.24) is 15.1 Å². The van der Waals surface area contributed by atoms with Crippen molar-refractivity contribution in [3.8, 4) is 0 Å². The number of carboxylic acid groups (broad SMARTS) is 1. The number of aryl methyl sites for hydroxylation is 1. The summed E-state index contributed by atoms with van der Waals surface area (Å²) in [5, 5.41) is 17.1. The van der Waals surface area contributed by atoms with Crippen LogP contribution in [0.2, 0.25) is 0 Å². The average Bonchev–Trinajstić information content (AvgIpc) is 2.50. The van der Waals surface area contributed by atoms with Crippen molar-refractivity contribution >= 4 is 17.7 Å². The molecule has 0 aliphatic carbocycles. The van der Waals surface area contributed by atoms with Crippen molar-refractivity contribution < 1.29 is 14.7 Å². The zero-order chi connectivity index (χ0) is 11.4. The van der Waals surface area contributed by atoms with Crippen LogP contribution in [0.25, 0.3) is 0 Å². The number of amides is 2. The predicted octanol–water partition coefficient (Wildman–Crippen LogP) is 0.0147. The van der Waals surface area contributed by atoms with Gasteiger partial charge in [-0.25, -0.2) is 4.79 Å². The lowest BCUT2D eigenvalue weighted by Gasteiger charge is -2.08. The Labute approximate surface area is 86.1 Å². The SMILES string of the molecule is C[C@@H](NC(=O)Nc1cnn(C)c1)C(=O)O. The second-order valence-electron chi connectivity index (χ2n) is 3.06. The Hall–Kier alpha value is -2.05. The van der Waals surface area contributed by atoms with Crippen LogP contribution in [-0.4, -0.2) is 32.9 Å². The van der Waals surface area contributed by atoms with E-state index in [0.717, 1.165) is 0 Å². The Bertz CT molecular complexity index is 374. The van der Waals surface area contributed by atoms with E-state index < -0.39 is 18.0 Å². The van der Waals surface area contributed by atoms with E-state index in [9.17, 15) is 9.59 Å². The van der Waals surface area contributed by atoms with Gasteiger partial charge in [0.15, 0.2) is 0 Å². The van der Waals surface area contributed by atoms with Gasteiger partial charge in [-0.15, -0.1) is 0 Å². The summed E-state index contributed by atoms with van der Waals surface area (Å²) in [6.45, 7) is 1.38. The largest absolute Gasteiger partial charge is 0.480 e. The predicted molar refractivity (Wildman–Crippen MR) is 52.5 cm³/mol. The molecule has 0 unspecified atom stereocenters. The highest BCUT2D eigenvalue weighted by atomic mass is 16.4. The number of carboxylic acids is 1. The lowest BCUT2D eigenvalue weighted by atomic mass is 10.3. The second kappa shape index (κ2) is 4.45. The Morgan fingerprint density at radius 1 is 1.60 bits per heavy atom. The maximum absolute atomic E-state index is 11.2. The van der Waals surface area contributed by atoms with Crippen molar-refractivity contribution in [2.45, 2.75) is 13.0 Å². The van der Waals surface area contributed by atoms with Gasteiger partial charge in [0.05, 0.1) is 11.9 Å². The summed E-state index contributed by atoms with van der Waals surface area (Å²) in [6, 6.07) is -1.50. The van der Waals surface area contributed by atoms with Crippen LogP contribution in [0.5, 0.6) is 0 Å². The number of rotatable bonds is 3. The minimum atomic E-state index is -1.09. The molecule has 0 saturated heterocycles. The Kier molecular flexibility index (Phi) is 3.27. The number of aliphatic carboxylic acids is 1. The van der Waals surface area contributed by atoms with Gasteiger partial charge in [-0.1, -0.05) is 0 Å². The summed E-state index contributed by atoms with van der Waals surface area (Å²) in [5.74, 6) is -1.09. The summed E-state index contributed by atoms with van der Waals surface area (Å²) >= 11 is 0. The molecular weight excluding hydrogens is 200 g/mol. The average molecular weight is 212 g/mol. The van der Waals surface area contributed by atoms with Crippen LogP contribution >= 0.6 is 0 Å². The van der Waals surface area contributed by atoms with Crippen molar-refractivity contribution in [3.63, 3.8) is 0 Å². The van der Waals surface area contributed by atoms with E-state index in [4.69, 9.17) is 5.11 Å². The third-order valence-electron chi connectivity index (χ3n) is 1.68. The fourth-order valence-corrected chi connectivity index (χ4v) is 0.911. The van der Waals surface area contributed by atoms with E-state index in [0.29, 0.717) is 5.69 Å².